The zero-order chi connectivity index (χ0) is 16.5. The van der Waals surface area contributed by atoms with Gasteiger partial charge in [-0.15, -0.1) is 0 Å². The normalized spacial score (nSPS) is 21.1. The van der Waals surface area contributed by atoms with E-state index >= 15 is 0 Å². The Morgan fingerprint density at radius 2 is 2.00 bits per heavy atom. The van der Waals surface area contributed by atoms with Crippen molar-refractivity contribution in [1.29, 1.82) is 0 Å². The van der Waals surface area contributed by atoms with E-state index in [1.807, 2.05) is 42.7 Å². The third-order valence-electron chi connectivity index (χ3n) is 4.63. The molecule has 24 heavy (non-hydrogen) atoms. The molecular formula is C18H20ClN5. The van der Waals surface area contributed by atoms with E-state index in [2.05, 4.69) is 10.4 Å². The van der Waals surface area contributed by atoms with Crippen molar-refractivity contribution in [3.05, 3.63) is 47.7 Å². The lowest BCUT2D eigenvalue weighted by molar-refractivity contribution is 0.410. The molecule has 0 bridgehead atoms. The lowest BCUT2D eigenvalue weighted by Gasteiger charge is -2.27. The van der Waals surface area contributed by atoms with Crippen molar-refractivity contribution in [2.24, 2.45) is 5.73 Å². The Morgan fingerprint density at radius 1 is 1.17 bits per heavy atom. The van der Waals surface area contributed by atoms with Crippen molar-refractivity contribution in [3.63, 3.8) is 0 Å². The van der Waals surface area contributed by atoms with Gasteiger partial charge in [-0.2, -0.15) is 5.10 Å². The highest BCUT2D eigenvalue weighted by Gasteiger charge is 2.19. The van der Waals surface area contributed by atoms with E-state index in [1.165, 1.54) is 0 Å². The number of rotatable bonds is 3. The quantitative estimate of drug-likeness (QED) is 0.761. The van der Waals surface area contributed by atoms with Crippen LogP contribution >= 0.6 is 11.6 Å². The first-order valence-corrected chi connectivity index (χ1v) is 8.69. The van der Waals surface area contributed by atoms with Gasteiger partial charge in [0.05, 0.1) is 6.20 Å². The molecule has 0 atom stereocenters. The fraction of sp³-hybridized carbons (Fsp3) is 0.333. The summed E-state index contributed by atoms with van der Waals surface area (Å²) in [4.78, 5) is 4.77. The molecule has 1 aromatic carbocycles. The fourth-order valence-corrected chi connectivity index (χ4v) is 3.47. The highest BCUT2D eigenvalue weighted by molar-refractivity contribution is 6.30. The number of nitrogens with zero attached hydrogens (tertiary/aromatic N) is 3. The molecule has 1 aliphatic carbocycles. The second-order valence-electron chi connectivity index (χ2n) is 6.41. The van der Waals surface area contributed by atoms with Gasteiger partial charge in [-0.3, -0.25) is 0 Å². The standard InChI is InChI=1S/C18H20ClN5/c19-13-3-1-2-12(10-13)16-11-21-24-9-8-17(23-18(16)24)22-15-6-4-14(20)5-7-15/h1-3,8-11,14-15H,4-7,20H2,(H,22,23). The Balaban J connectivity index is 1.63. The van der Waals surface area contributed by atoms with Crippen LogP contribution in [0.4, 0.5) is 5.82 Å². The first-order valence-electron chi connectivity index (χ1n) is 8.31. The van der Waals surface area contributed by atoms with Crippen LogP contribution in [0.25, 0.3) is 16.8 Å². The van der Waals surface area contributed by atoms with E-state index < -0.39 is 0 Å². The highest BCUT2D eigenvalue weighted by Crippen LogP contribution is 2.27. The molecule has 1 saturated carbocycles. The Hall–Kier alpha value is -2.11. The fourth-order valence-electron chi connectivity index (χ4n) is 3.28. The van der Waals surface area contributed by atoms with E-state index in [0.29, 0.717) is 17.1 Å². The summed E-state index contributed by atoms with van der Waals surface area (Å²) in [5, 5.41) is 8.64. The summed E-state index contributed by atoms with van der Waals surface area (Å²) in [7, 11) is 0. The average Bonchev–Trinajstić information content (AvgIpc) is 3.00. The van der Waals surface area contributed by atoms with Crippen LogP contribution in [0.3, 0.4) is 0 Å². The Kier molecular flexibility index (Phi) is 4.12. The zero-order valence-electron chi connectivity index (χ0n) is 13.3. The largest absolute Gasteiger partial charge is 0.367 e. The van der Waals surface area contributed by atoms with Crippen LogP contribution in [0.15, 0.2) is 42.7 Å². The van der Waals surface area contributed by atoms with Crippen molar-refractivity contribution < 1.29 is 0 Å². The number of nitrogens with one attached hydrogen (secondary N) is 1. The maximum Gasteiger partial charge on any atom is 0.165 e. The number of hydrogen-bond acceptors (Lipinski definition) is 4. The SMILES string of the molecule is NC1CCC(Nc2ccn3ncc(-c4cccc(Cl)c4)c3n2)CC1. The molecular weight excluding hydrogens is 322 g/mol. The third kappa shape index (κ3) is 3.09. The summed E-state index contributed by atoms with van der Waals surface area (Å²) in [6.45, 7) is 0. The van der Waals surface area contributed by atoms with Gasteiger partial charge in [-0.1, -0.05) is 23.7 Å². The average molecular weight is 342 g/mol. The smallest absolute Gasteiger partial charge is 0.165 e. The first kappa shape index (κ1) is 15.4. The minimum atomic E-state index is 0.350. The summed E-state index contributed by atoms with van der Waals surface area (Å²) in [5.41, 5.74) is 8.81. The van der Waals surface area contributed by atoms with Crippen LogP contribution < -0.4 is 11.1 Å². The van der Waals surface area contributed by atoms with Crippen LogP contribution in [-0.2, 0) is 0 Å². The molecule has 0 aliphatic heterocycles. The topological polar surface area (TPSA) is 68.2 Å². The summed E-state index contributed by atoms with van der Waals surface area (Å²) in [5.74, 6) is 0.881. The van der Waals surface area contributed by atoms with Gasteiger partial charge in [0.25, 0.3) is 0 Å². The van der Waals surface area contributed by atoms with Gasteiger partial charge in [0.2, 0.25) is 0 Å². The van der Waals surface area contributed by atoms with Gasteiger partial charge in [0.15, 0.2) is 5.65 Å². The van der Waals surface area contributed by atoms with Gasteiger partial charge >= 0.3 is 0 Å². The molecule has 0 amide bonds. The van der Waals surface area contributed by atoms with Crippen molar-refractivity contribution in [3.8, 4) is 11.1 Å². The van der Waals surface area contributed by atoms with Gasteiger partial charge < -0.3 is 11.1 Å². The van der Waals surface area contributed by atoms with E-state index in [0.717, 1.165) is 48.3 Å². The number of halogens is 1. The number of fused-ring (bicyclic) bond motifs is 1. The molecule has 0 radical (unpaired) electrons. The van der Waals surface area contributed by atoms with Crippen molar-refractivity contribution in [1.82, 2.24) is 14.6 Å². The second kappa shape index (κ2) is 6.42. The third-order valence-corrected chi connectivity index (χ3v) is 4.86. The Morgan fingerprint density at radius 3 is 2.79 bits per heavy atom. The molecule has 5 nitrogen and oxygen atoms in total. The van der Waals surface area contributed by atoms with E-state index in [4.69, 9.17) is 22.3 Å². The second-order valence-corrected chi connectivity index (χ2v) is 6.84. The van der Waals surface area contributed by atoms with Crippen molar-refractivity contribution in [2.45, 2.75) is 37.8 Å². The molecule has 6 heteroatoms. The lowest BCUT2D eigenvalue weighted by atomic mass is 9.92. The van der Waals surface area contributed by atoms with Crippen molar-refractivity contribution in [2.75, 3.05) is 5.32 Å². The van der Waals surface area contributed by atoms with Crippen LogP contribution in [0.2, 0.25) is 5.02 Å². The predicted molar refractivity (Wildman–Crippen MR) is 97.3 cm³/mol. The van der Waals surface area contributed by atoms with Crippen LogP contribution in [0.1, 0.15) is 25.7 Å². The van der Waals surface area contributed by atoms with E-state index in [1.54, 1.807) is 4.52 Å². The molecule has 0 saturated heterocycles. The van der Waals surface area contributed by atoms with Crippen LogP contribution in [-0.4, -0.2) is 26.7 Å². The molecule has 0 unspecified atom stereocenters. The molecule has 3 aromatic rings. The van der Waals surface area contributed by atoms with Crippen molar-refractivity contribution >= 4 is 23.1 Å². The maximum atomic E-state index is 6.11. The minimum Gasteiger partial charge on any atom is -0.367 e. The summed E-state index contributed by atoms with van der Waals surface area (Å²) < 4.78 is 1.79. The first-order chi connectivity index (χ1) is 11.7. The number of hydrogen-bond donors (Lipinski definition) is 2. The molecule has 3 N–H and O–H groups in total. The lowest BCUT2D eigenvalue weighted by Crippen LogP contribution is -2.33. The minimum absolute atomic E-state index is 0.350. The maximum absolute atomic E-state index is 6.11. The molecule has 0 spiro atoms. The zero-order valence-corrected chi connectivity index (χ0v) is 14.1. The summed E-state index contributed by atoms with van der Waals surface area (Å²) in [6.07, 6.45) is 8.09. The van der Waals surface area contributed by atoms with E-state index in [-0.39, 0.29) is 0 Å². The predicted octanol–water partition coefficient (Wildman–Crippen LogP) is 3.73. The molecule has 124 valence electrons. The van der Waals surface area contributed by atoms with Crippen LogP contribution in [0.5, 0.6) is 0 Å². The van der Waals surface area contributed by atoms with E-state index in [9.17, 15) is 0 Å². The number of anilines is 1. The number of nitrogens with two attached hydrogens (primary N) is 1. The monoisotopic (exact) mass is 341 g/mol. The van der Waals surface area contributed by atoms with Gasteiger partial charge in [-0.25, -0.2) is 9.50 Å². The molecule has 1 fully saturated rings. The van der Waals surface area contributed by atoms with Crippen LogP contribution in [0, 0.1) is 0 Å². The highest BCUT2D eigenvalue weighted by atomic mass is 35.5. The molecule has 2 heterocycles. The Bertz CT molecular complexity index is 851. The van der Waals surface area contributed by atoms with Gasteiger partial charge in [0, 0.05) is 28.9 Å². The van der Waals surface area contributed by atoms with Gasteiger partial charge in [0.1, 0.15) is 5.82 Å². The summed E-state index contributed by atoms with van der Waals surface area (Å²) in [6, 6.07) is 10.5. The molecule has 2 aromatic heterocycles. The summed E-state index contributed by atoms with van der Waals surface area (Å²) >= 11 is 6.11. The number of benzene rings is 1. The number of aromatic nitrogens is 3. The molecule has 1 aliphatic rings. The van der Waals surface area contributed by atoms with Gasteiger partial charge in [-0.05, 0) is 49.4 Å². The molecule has 4 rings (SSSR count). The Labute approximate surface area is 145 Å².